The van der Waals surface area contributed by atoms with E-state index in [1.807, 2.05) is 0 Å². The monoisotopic (exact) mass is 404 g/mol. The smallest absolute Gasteiger partial charge is 0.232 e. The molecule has 0 bridgehead atoms. The second kappa shape index (κ2) is 7.67. The van der Waals surface area contributed by atoms with Crippen LogP contribution in [0.4, 0.5) is 5.00 Å². The maximum absolute atomic E-state index is 12.6. The van der Waals surface area contributed by atoms with Crippen molar-refractivity contribution in [3.8, 4) is 10.6 Å². The number of carbonyl (C=O) groups excluding carboxylic acids is 1. The highest BCUT2D eigenvalue weighted by molar-refractivity contribution is 7.90. The number of hydrogen-bond donors (Lipinski definition) is 1. The molecule has 1 N–H and O–H groups in total. The number of sulfone groups is 1. The number of thiazole rings is 1. The van der Waals surface area contributed by atoms with Gasteiger partial charge in [-0.3, -0.25) is 10.0 Å². The third-order valence-electron chi connectivity index (χ3n) is 3.40. The zero-order valence-electron chi connectivity index (χ0n) is 14.0. The molecule has 2 heterocycles. The van der Waals surface area contributed by atoms with Crippen LogP contribution in [0.5, 0.6) is 0 Å². The van der Waals surface area contributed by atoms with Crippen LogP contribution >= 0.6 is 22.9 Å². The third kappa shape index (κ3) is 4.90. The number of aromatic nitrogens is 2. The maximum Gasteiger partial charge on any atom is 0.232 e. The molecule has 0 saturated heterocycles. The van der Waals surface area contributed by atoms with Gasteiger partial charge >= 0.3 is 0 Å². The molecule has 0 saturated carbocycles. The Kier molecular flexibility index (Phi) is 6.02. The van der Waals surface area contributed by atoms with Crippen LogP contribution in [0.2, 0.25) is 5.15 Å². The molecule has 7 nitrogen and oxygen atoms in total. The van der Waals surface area contributed by atoms with Gasteiger partial charge in [0, 0.05) is 29.5 Å². The van der Waals surface area contributed by atoms with Gasteiger partial charge in [-0.15, -0.1) is 0 Å². The Bertz CT molecular complexity index is 883. The SMILES string of the molecule is CCN(C(=O)C(C)CS(C)(=O)=O)c1sc(-c2ccc[n+](O)c2)nc1Cl. The van der Waals surface area contributed by atoms with Gasteiger partial charge in [-0.05, 0) is 13.0 Å². The van der Waals surface area contributed by atoms with E-state index in [9.17, 15) is 18.4 Å². The highest BCUT2D eigenvalue weighted by Crippen LogP contribution is 2.37. The number of amides is 1. The molecular formula is C15H19ClN3O4S2+. The molecule has 0 aliphatic rings. The van der Waals surface area contributed by atoms with Gasteiger partial charge in [0.25, 0.3) is 0 Å². The molecule has 0 fully saturated rings. The molecule has 2 aromatic rings. The lowest BCUT2D eigenvalue weighted by molar-refractivity contribution is -0.904. The molecule has 1 atom stereocenters. The summed E-state index contributed by atoms with van der Waals surface area (Å²) in [6, 6.07) is 3.41. The first-order chi connectivity index (χ1) is 11.6. The standard InChI is InChI=1S/C15H19ClN3O4S2/c1-4-19(14(20)10(2)9-25(3,22)23)15-12(16)17-13(24-15)11-6-5-7-18(21)8-11/h5-8,10,21H,4,9H2,1-3H3/q+1. The Hall–Kier alpha value is -1.71. The summed E-state index contributed by atoms with van der Waals surface area (Å²) in [6.45, 7) is 3.70. The molecule has 1 unspecified atom stereocenters. The predicted molar refractivity (Wildman–Crippen MR) is 96.8 cm³/mol. The van der Waals surface area contributed by atoms with Gasteiger partial charge in [-0.2, -0.15) is 0 Å². The van der Waals surface area contributed by atoms with E-state index in [2.05, 4.69) is 4.98 Å². The van der Waals surface area contributed by atoms with Gasteiger partial charge in [0.2, 0.25) is 18.3 Å². The van der Waals surface area contributed by atoms with Crippen LogP contribution in [0.25, 0.3) is 10.6 Å². The fraction of sp³-hybridized carbons (Fsp3) is 0.400. The van der Waals surface area contributed by atoms with Crippen molar-refractivity contribution in [2.75, 3.05) is 23.5 Å². The molecule has 0 aliphatic heterocycles. The second-order valence-electron chi connectivity index (χ2n) is 5.66. The van der Waals surface area contributed by atoms with Crippen molar-refractivity contribution in [2.24, 2.45) is 5.92 Å². The highest BCUT2D eigenvalue weighted by Gasteiger charge is 2.27. The normalized spacial score (nSPS) is 12.8. The van der Waals surface area contributed by atoms with Gasteiger partial charge in [0.15, 0.2) is 5.15 Å². The number of rotatable bonds is 6. The van der Waals surface area contributed by atoms with Crippen LogP contribution in [0.1, 0.15) is 13.8 Å². The minimum absolute atomic E-state index is 0.162. The first kappa shape index (κ1) is 19.6. The van der Waals surface area contributed by atoms with E-state index in [0.29, 0.717) is 22.1 Å². The van der Waals surface area contributed by atoms with Crippen molar-refractivity contribution >= 4 is 43.7 Å². The molecule has 10 heteroatoms. The molecule has 0 radical (unpaired) electrons. The van der Waals surface area contributed by atoms with Gasteiger partial charge in [0.05, 0.1) is 11.3 Å². The Labute approximate surface area is 155 Å². The summed E-state index contributed by atoms with van der Waals surface area (Å²) >= 11 is 7.41. The Morgan fingerprint density at radius 1 is 1.52 bits per heavy atom. The van der Waals surface area contributed by atoms with Crippen molar-refractivity contribution in [3.05, 3.63) is 29.7 Å². The van der Waals surface area contributed by atoms with E-state index in [4.69, 9.17) is 11.6 Å². The Balaban J connectivity index is 2.34. The molecule has 0 aromatic carbocycles. The Morgan fingerprint density at radius 2 is 2.20 bits per heavy atom. The molecule has 25 heavy (non-hydrogen) atoms. The summed E-state index contributed by atoms with van der Waals surface area (Å²) in [7, 11) is -3.27. The van der Waals surface area contributed by atoms with E-state index in [1.165, 1.54) is 28.6 Å². The summed E-state index contributed by atoms with van der Waals surface area (Å²) in [4.78, 5) is 18.3. The summed E-state index contributed by atoms with van der Waals surface area (Å²) in [5.74, 6) is -1.24. The average Bonchev–Trinajstić information content (AvgIpc) is 2.88. The summed E-state index contributed by atoms with van der Waals surface area (Å²) in [6.07, 6.45) is 4.04. The molecule has 2 aromatic heterocycles. The molecule has 136 valence electrons. The quantitative estimate of drug-likeness (QED) is 0.587. The lowest BCUT2D eigenvalue weighted by Gasteiger charge is -2.22. The first-order valence-electron chi connectivity index (χ1n) is 7.48. The lowest BCUT2D eigenvalue weighted by atomic mass is 10.2. The number of nitrogens with zero attached hydrogens (tertiary/aromatic N) is 3. The third-order valence-corrected chi connectivity index (χ3v) is 6.01. The topological polar surface area (TPSA) is 91.5 Å². The van der Waals surface area contributed by atoms with E-state index in [0.717, 1.165) is 11.0 Å². The number of anilines is 1. The van der Waals surface area contributed by atoms with Gasteiger partial charge < -0.3 is 4.90 Å². The van der Waals surface area contributed by atoms with Crippen molar-refractivity contribution < 1.29 is 23.1 Å². The van der Waals surface area contributed by atoms with Crippen LogP contribution < -0.4 is 9.63 Å². The van der Waals surface area contributed by atoms with E-state index < -0.39 is 15.8 Å². The van der Waals surface area contributed by atoms with E-state index in [1.54, 1.807) is 26.0 Å². The number of halogens is 1. The largest absolute Gasteiger partial charge is 0.301 e. The zero-order chi connectivity index (χ0) is 18.8. The minimum Gasteiger partial charge on any atom is -0.301 e. The number of hydrogen-bond acceptors (Lipinski definition) is 6. The van der Waals surface area contributed by atoms with Crippen LogP contribution in [0.15, 0.2) is 24.5 Å². The van der Waals surface area contributed by atoms with Crippen molar-refractivity contribution in [3.63, 3.8) is 0 Å². The van der Waals surface area contributed by atoms with Crippen molar-refractivity contribution in [1.82, 2.24) is 4.98 Å². The molecule has 0 aliphatic carbocycles. The van der Waals surface area contributed by atoms with Crippen molar-refractivity contribution in [1.29, 1.82) is 0 Å². The van der Waals surface area contributed by atoms with E-state index in [-0.39, 0.29) is 16.8 Å². The molecule has 0 spiro atoms. The predicted octanol–water partition coefficient (Wildman–Crippen LogP) is 2.02. The minimum atomic E-state index is -3.27. The first-order valence-corrected chi connectivity index (χ1v) is 10.7. The van der Waals surface area contributed by atoms with Gasteiger partial charge in [-0.25, -0.2) is 13.4 Å². The zero-order valence-corrected chi connectivity index (χ0v) is 16.4. The fourth-order valence-corrected chi connectivity index (χ4v) is 4.79. The van der Waals surface area contributed by atoms with Crippen LogP contribution in [0.3, 0.4) is 0 Å². The van der Waals surface area contributed by atoms with E-state index >= 15 is 0 Å². The van der Waals surface area contributed by atoms with Gasteiger partial charge in [0.1, 0.15) is 19.8 Å². The average molecular weight is 405 g/mol. The highest BCUT2D eigenvalue weighted by atomic mass is 35.5. The Morgan fingerprint density at radius 3 is 2.76 bits per heavy atom. The fourth-order valence-electron chi connectivity index (χ4n) is 2.36. The van der Waals surface area contributed by atoms with Gasteiger partial charge in [-0.1, -0.05) is 29.9 Å². The van der Waals surface area contributed by atoms with Crippen molar-refractivity contribution in [2.45, 2.75) is 13.8 Å². The lowest BCUT2D eigenvalue weighted by Crippen LogP contribution is -2.37. The molecule has 1 amide bonds. The van der Waals surface area contributed by atoms with Crippen LogP contribution in [-0.4, -0.2) is 43.1 Å². The van der Waals surface area contributed by atoms with Crippen LogP contribution in [0, 0.1) is 5.92 Å². The number of pyridine rings is 1. The molecule has 2 rings (SSSR count). The summed E-state index contributed by atoms with van der Waals surface area (Å²) in [5.41, 5.74) is 0.649. The summed E-state index contributed by atoms with van der Waals surface area (Å²) < 4.78 is 23.8. The molecular weight excluding hydrogens is 386 g/mol. The maximum atomic E-state index is 12.6. The number of carbonyl (C=O) groups is 1. The van der Waals surface area contributed by atoms with Crippen LogP contribution in [-0.2, 0) is 14.6 Å². The second-order valence-corrected chi connectivity index (χ2v) is 9.18. The summed E-state index contributed by atoms with van der Waals surface area (Å²) in [5, 5.41) is 10.7.